The number of morpholine rings is 3. The van der Waals surface area contributed by atoms with E-state index in [-0.39, 0.29) is 0 Å². The molecule has 4 atom stereocenters. The molecule has 0 aliphatic carbocycles. The summed E-state index contributed by atoms with van der Waals surface area (Å²) in [6, 6.07) is 1.40. The van der Waals surface area contributed by atoms with Gasteiger partial charge in [-0.2, -0.15) is 0 Å². The number of ether oxygens (including phenoxy) is 3. The fraction of sp³-hybridized carbons (Fsp3) is 1.00. The van der Waals surface area contributed by atoms with Gasteiger partial charge >= 0.3 is 0 Å². The first-order chi connectivity index (χ1) is 15.7. The highest BCUT2D eigenvalue weighted by atomic mass is 16.5. The zero-order valence-corrected chi connectivity index (χ0v) is 23.9. The molecule has 0 spiro atoms. The van der Waals surface area contributed by atoms with Gasteiger partial charge in [-0.15, -0.1) is 0 Å². The average molecular weight is 482 g/mol. The van der Waals surface area contributed by atoms with Crippen molar-refractivity contribution in [2.24, 2.45) is 0 Å². The topological polar surface area (TPSA) is 37.4 Å². The molecule has 0 aromatic heterocycles. The fourth-order valence-corrected chi connectivity index (χ4v) is 6.12. The third-order valence-corrected chi connectivity index (χ3v) is 7.97. The third-order valence-electron chi connectivity index (χ3n) is 7.97. The van der Waals surface area contributed by atoms with E-state index in [1.807, 2.05) is 0 Å². The summed E-state index contributed by atoms with van der Waals surface area (Å²) in [5.74, 6) is 0. The molecule has 5 heterocycles. The largest absolute Gasteiger partial charge is 0.379 e. The van der Waals surface area contributed by atoms with Crippen molar-refractivity contribution in [3.05, 3.63) is 0 Å². The van der Waals surface area contributed by atoms with Crippen molar-refractivity contribution in [2.45, 2.75) is 129 Å². The molecule has 200 valence electrons. The lowest BCUT2D eigenvalue weighted by atomic mass is 10.0. The molecule has 6 nitrogen and oxygen atoms in total. The molecule has 5 aliphatic heterocycles. The molecule has 0 aromatic rings. The molecule has 0 N–H and O–H groups in total. The summed E-state index contributed by atoms with van der Waals surface area (Å²) < 4.78 is 16.6. The molecule has 5 saturated heterocycles. The van der Waals surface area contributed by atoms with Crippen LogP contribution < -0.4 is 0 Å². The van der Waals surface area contributed by atoms with E-state index in [1.54, 1.807) is 0 Å². The highest BCUT2D eigenvalue weighted by molar-refractivity contribution is 4.97. The second kappa shape index (κ2) is 11.4. The Labute approximate surface area is 210 Å². The van der Waals surface area contributed by atoms with E-state index in [0.717, 1.165) is 52.6 Å². The SMILES string of the molecule is CC(C)(C)N1C2CCC1COC2.CC(C)(C)N1CC2CCC(C1)O2.CC(C)(C)N1CCOCC1. The zero-order chi connectivity index (χ0) is 25.1. The lowest BCUT2D eigenvalue weighted by molar-refractivity contribution is -0.0668. The Bertz CT molecular complexity index is 588. The van der Waals surface area contributed by atoms with Gasteiger partial charge in [-0.1, -0.05) is 0 Å². The van der Waals surface area contributed by atoms with E-state index in [1.165, 1.54) is 25.7 Å². The Kier molecular flexibility index (Phi) is 9.53. The summed E-state index contributed by atoms with van der Waals surface area (Å²) in [5.41, 5.74) is 0.976. The molecule has 5 aliphatic rings. The number of likely N-dealkylation sites (tertiary alicyclic amines) is 1. The summed E-state index contributed by atoms with van der Waals surface area (Å²) in [4.78, 5) is 7.66. The Balaban J connectivity index is 0.000000144. The van der Waals surface area contributed by atoms with Crippen molar-refractivity contribution >= 4 is 0 Å². The van der Waals surface area contributed by atoms with Crippen molar-refractivity contribution in [3.63, 3.8) is 0 Å². The second-order valence-electron chi connectivity index (χ2n) is 13.8. The Morgan fingerprint density at radius 3 is 1.38 bits per heavy atom. The third kappa shape index (κ3) is 7.88. The van der Waals surface area contributed by atoms with Crippen LogP contribution in [-0.2, 0) is 14.2 Å². The number of nitrogens with zero attached hydrogens (tertiary/aromatic N) is 3. The summed E-state index contributed by atoms with van der Waals surface area (Å²) in [5, 5.41) is 0. The first-order valence-corrected chi connectivity index (χ1v) is 13.8. The maximum absolute atomic E-state index is 5.78. The molecule has 6 heteroatoms. The van der Waals surface area contributed by atoms with Gasteiger partial charge < -0.3 is 14.2 Å². The van der Waals surface area contributed by atoms with Gasteiger partial charge in [-0.3, -0.25) is 14.7 Å². The molecule has 0 aromatic carbocycles. The molecular formula is C28H55N3O3. The van der Waals surface area contributed by atoms with Crippen molar-refractivity contribution in [3.8, 4) is 0 Å². The highest BCUT2D eigenvalue weighted by Gasteiger charge is 2.42. The zero-order valence-electron chi connectivity index (χ0n) is 23.9. The van der Waals surface area contributed by atoms with E-state index >= 15 is 0 Å². The monoisotopic (exact) mass is 481 g/mol. The normalized spacial score (nSPS) is 33.1. The molecule has 0 radical (unpaired) electrons. The van der Waals surface area contributed by atoms with Gasteiger partial charge in [-0.25, -0.2) is 0 Å². The van der Waals surface area contributed by atoms with Gasteiger partial charge in [0.1, 0.15) is 0 Å². The first-order valence-electron chi connectivity index (χ1n) is 13.8. The Hall–Kier alpha value is -0.240. The number of hydrogen-bond donors (Lipinski definition) is 0. The van der Waals surface area contributed by atoms with E-state index < -0.39 is 0 Å². The molecule has 4 bridgehead atoms. The van der Waals surface area contributed by atoms with Gasteiger partial charge in [0.05, 0.1) is 38.6 Å². The smallest absolute Gasteiger partial charge is 0.0707 e. The van der Waals surface area contributed by atoms with Crippen LogP contribution in [0.15, 0.2) is 0 Å². The lowest BCUT2D eigenvalue weighted by Crippen LogP contribution is -2.54. The van der Waals surface area contributed by atoms with Crippen LogP contribution in [0, 0.1) is 0 Å². The highest BCUT2D eigenvalue weighted by Crippen LogP contribution is 2.34. The Morgan fingerprint density at radius 2 is 1.03 bits per heavy atom. The summed E-state index contributed by atoms with van der Waals surface area (Å²) in [6.45, 7) is 28.7. The Morgan fingerprint density at radius 1 is 0.559 bits per heavy atom. The van der Waals surface area contributed by atoms with Crippen LogP contribution >= 0.6 is 0 Å². The fourth-order valence-electron chi connectivity index (χ4n) is 6.12. The lowest BCUT2D eigenvalue weighted by Gasteiger charge is -2.44. The number of rotatable bonds is 0. The van der Waals surface area contributed by atoms with Crippen LogP contribution in [0.3, 0.4) is 0 Å². The first kappa shape index (κ1) is 28.3. The summed E-state index contributed by atoms with van der Waals surface area (Å²) in [7, 11) is 0. The maximum Gasteiger partial charge on any atom is 0.0707 e. The molecule has 4 unspecified atom stereocenters. The minimum absolute atomic E-state index is 0.323. The van der Waals surface area contributed by atoms with Crippen LogP contribution in [0.1, 0.15) is 88.0 Å². The van der Waals surface area contributed by atoms with Crippen molar-refractivity contribution in [2.75, 3.05) is 52.6 Å². The van der Waals surface area contributed by atoms with E-state index in [2.05, 4.69) is 77.0 Å². The van der Waals surface area contributed by atoms with Crippen LogP contribution in [0.4, 0.5) is 0 Å². The van der Waals surface area contributed by atoms with Crippen LogP contribution in [0.2, 0.25) is 0 Å². The van der Waals surface area contributed by atoms with E-state index in [9.17, 15) is 0 Å². The quantitative estimate of drug-likeness (QED) is 0.510. The standard InChI is InChI=1S/2C10H19NO.C8H17NO/c1-10(2,3)11-8-4-5-9(11)7-12-6-8;1-10(2,3)11-6-8-4-5-9(7-11)12-8;1-8(2,3)9-4-6-10-7-5-9/h2*8-9H,4-7H2,1-3H3;4-7H2,1-3H3. The summed E-state index contributed by atoms with van der Waals surface area (Å²) >= 11 is 0. The van der Waals surface area contributed by atoms with Gasteiger partial charge in [0, 0.05) is 54.9 Å². The molecule has 5 rings (SSSR count). The number of fused-ring (bicyclic) bond motifs is 4. The van der Waals surface area contributed by atoms with Gasteiger partial charge in [0.2, 0.25) is 0 Å². The number of hydrogen-bond acceptors (Lipinski definition) is 6. The molecule has 0 amide bonds. The van der Waals surface area contributed by atoms with E-state index in [0.29, 0.717) is 40.9 Å². The van der Waals surface area contributed by atoms with E-state index in [4.69, 9.17) is 14.2 Å². The molecule has 0 saturated carbocycles. The summed E-state index contributed by atoms with van der Waals surface area (Å²) in [6.07, 6.45) is 6.28. The van der Waals surface area contributed by atoms with Crippen molar-refractivity contribution < 1.29 is 14.2 Å². The van der Waals surface area contributed by atoms with Gasteiger partial charge in [0.25, 0.3) is 0 Å². The predicted molar refractivity (Wildman–Crippen MR) is 141 cm³/mol. The van der Waals surface area contributed by atoms with Crippen LogP contribution in [0.25, 0.3) is 0 Å². The minimum atomic E-state index is 0.323. The van der Waals surface area contributed by atoms with Gasteiger partial charge in [0.15, 0.2) is 0 Å². The second-order valence-corrected chi connectivity index (χ2v) is 13.8. The predicted octanol–water partition coefficient (Wildman–Crippen LogP) is 4.41. The molecule has 5 fully saturated rings. The molecule has 34 heavy (non-hydrogen) atoms. The van der Waals surface area contributed by atoms with Crippen molar-refractivity contribution in [1.82, 2.24) is 14.7 Å². The van der Waals surface area contributed by atoms with Crippen molar-refractivity contribution in [1.29, 1.82) is 0 Å². The van der Waals surface area contributed by atoms with Crippen LogP contribution in [0.5, 0.6) is 0 Å². The minimum Gasteiger partial charge on any atom is -0.379 e. The van der Waals surface area contributed by atoms with Gasteiger partial charge in [-0.05, 0) is 88.0 Å². The molecular weight excluding hydrogens is 426 g/mol. The maximum atomic E-state index is 5.78. The average Bonchev–Trinajstić information content (AvgIpc) is 3.23. The van der Waals surface area contributed by atoms with Crippen LogP contribution in [-0.4, -0.2) is 108 Å².